The van der Waals surface area contributed by atoms with Gasteiger partial charge in [-0.05, 0) is 44.4 Å². The normalized spacial score (nSPS) is 17.5. The zero-order valence-electron chi connectivity index (χ0n) is 10.8. The molecule has 0 aliphatic carbocycles. The fraction of sp³-hybridized carbons (Fsp3) is 0.500. The quantitative estimate of drug-likeness (QED) is 0.830. The summed E-state index contributed by atoms with van der Waals surface area (Å²) in [5.41, 5.74) is 2.30. The molecule has 1 fully saturated rings. The minimum atomic E-state index is -0.190. The average Bonchev–Trinajstić information content (AvgIpc) is 2.78. The number of ether oxygens (including phenoxy) is 1. The van der Waals surface area contributed by atoms with E-state index in [9.17, 15) is 4.79 Å². The SMILES string of the molecule is CCOC(=O)Cn1cccc1C=C1CCCCN1. The lowest BCUT2D eigenvalue weighted by atomic mass is 10.1. The Kier molecular flexibility index (Phi) is 4.45. The molecular weight excluding hydrogens is 228 g/mol. The molecule has 1 aliphatic rings. The van der Waals surface area contributed by atoms with Gasteiger partial charge in [-0.1, -0.05) is 0 Å². The van der Waals surface area contributed by atoms with Crippen LogP contribution < -0.4 is 5.32 Å². The third-order valence-electron chi connectivity index (χ3n) is 3.02. The van der Waals surface area contributed by atoms with E-state index in [4.69, 9.17) is 4.74 Å². The summed E-state index contributed by atoms with van der Waals surface area (Å²) in [5.74, 6) is -0.190. The minimum absolute atomic E-state index is 0.190. The number of piperidine rings is 1. The van der Waals surface area contributed by atoms with Crippen molar-refractivity contribution in [1.82, 2.24) is 9.88 Å². The molecule has 1 N–H and O–H groups in total. The second kappa shape index (κ2) is 6.28. The number of hydrogen-bond acceptors (Lipinski definition) is 3. The van der Waals surface area contributed by atoms with E-state index in [0.29, 0.717) is 6.61 Å². The Morgan fingerprint density at radius 2 is 2.44 bits per heavy atom. The van der Waals surface area contributed by atoms with Crippen LogP contribution in [-0.2, 0) is 16.1 Å². The van der Waals surface area contributed by atoms with Crippen LogP contribution in [0.15, 0.2) is 24.0 Å². The topological polar surface area (TPSA) is 43.3 Å². The van der Waals surface area contributed by atoms with E-state index in [-0.39, 0.29) is 12.5 Å². The van der Waals surface area contributed by atoms with Crippen molar-refractivity contribution in [3.8, 4) is 0 Å². The van der Waals surface area contributed by atoms with E-state index in [1.54, 1.807) is 0 Å². The second-order valence-corrected chi connectivity index (χ2v) is 4.42. The highest BCUT2D eigenvalue weighted by atomic mass is 16.5. The van der Waals surface area contributed by atoms with Gasteiger partial charge in [0.2, 0.25) is 0 Å². The first-order valence-electron chi connectivity index (χ1n) is 6.55. The minimum Gasteiger partial charge on any atom is -0.465 e. The van der Waals surface area contributed by atoms with Gasteiger partial charge in [0.15, 0.2) is 0 Å². The number of allylic oxidation sites excluding steroid dienone is 1. The summed E-state index contributed by atoms with van der Waals surface area (Å²) >= 11 is 0. The molecule has 1 aromatic heterocycles. The maximum atomic E-state index is 11.5. The van der Waals surface area contributed by atoms with E-state index in [1.807, 2.05) is 29.8 Å². The first kappa shape index (κ1) is 12.7. The van der Waals surface area contributed by atoms with E-state index >= 15 is 0 Å². The molecule has 1 aliphatic heterocycles. The van der Waals surface area contributed by atoms with Gasteiger partial charge in [0.25, 0.3) is 0 Å². The highest BCUT2D eigenvalue weighted by molar-refractivity contribution is 5.69. The molecule has 0 aromatic carbocycles. The molecule has 98 valence electrons. The Morgan fingerprint density at radius 3 is 3.17 bits per heavy atom. The van der Waals surface area contributed by atoms with Gasteiger partial charge in [0.1, 0.15) is 6.54 Å². The monoisotopic (exact) mass is 248 g/mol. The Hall–Kier alpha value is -1.71. The molecule has 0 amide bonds. The van der Waals surface area contributed by atoms with Gasteiger partial charge in [-0.3, -0.25) is 4.79 Å². The van der Waals surface area contributed by atoms with Gasteiger partial charge < -0.3 is 14.6 Å². The highest BCUT2D eigenvalue weighted by Gasteiger charge is 2.08. The Bertz CT molecular complexity index is 427. The van der Waals surface area contributed by atoms with Crippen molar-refractivity contribution in [2.24, 2.45) is 0 Å². The fourth-order valence-electron chi connectivity index (χ4n) is 2.13. The van der Waals surface area contributed by atoms with E-state index in [1.165, 1.54) is 18.5 Å². The second-order valence-electron chi connectivity index (χ2n) is 4.42. The van der Waals surface area contributed by atoms with E-state index in [2.05, 4.69) is 11.4 Å². The van der Waals surface area contributed by atoms with Crippen molar-refractivity contribution in [2.45, 2.75) is 32.7 Å². The maximum absolute atomic E-state index is 11.5. The summed E-state index contributed by atoms with van der Waals surface area (Å²) in [6.45, 7) is 3.57. The summed E-state index contributed by atoms with van der Waals surface area (Å²) < 4.78 is 6.88. The molecule has 0 saturated carbocycles. The first-order chi connectivity index (χ1) is 8.79. The lowest BCUT2D eigenvalue weighted by molar-refractivity contribution is -0.143. The van der Waals surface area contributed by atoms with Crippen LogP contribution in [0.3, 0.4) is 0 Å². The zero-order valence-corrected chi connectivity index (χ0v) is 10.8. The van der Waals surface area contributed by atoms with Gasteiger partial charge in [-0.15, -0.1) is 0 Å². The number of hydrogen-bond donors (Lipinski definition) is 1. The van der Waals surface area contributed by atoms with Crippen LogP contribution in [-0.4, -0.2) is 23.7 Å². The van der Waals surface area contributed by atoms with Gasteiger partial charge in [-0.2, -0.15) is 0 Å². The van der Waals surface area contributed by atoms with Crippen LogP contribution in [0.5, 0.6) is 0 Å². The molecule has 4 heteroatoms. The number of aromatic nitrogens is 1. The van der Waals surface area contributed by atoms with Crippen molar-refractivity contribution in [1.29, 1.82) is 0 Å². The van der Waals surface area contributed by atoms with Crippen LogP contribution in [0.25, 0.3) is 6.08 Å². The van der Waals surface area contributed by atoms with Gasteiger partial charge in [-0.25, -0.2) is 0 Å². The average molecular weight is 248 g/mol. The molecule has 0 bridgehead atoms. The third-order valence-corrected chi connectivity index (χ3v) is 3.02. The van der Waals surface area contributed by atoms with E-state index in [0.717, 1.165) is 18.7 Å². The van der Waals surface area contributed by atoms with E-state index < -0.39 is 0 Å². The molecular formula is C14H20N2O2. The predicted octanol–water partition coefficient (Wildman–Crippen LogP) is 2.17. The largest absolute Gasteiger partial charge is 0.465 e. The van der Waals surface area contributed by atoms with Crippen molar-refractivity contribution in [3.05, 3.63) is 29.7 Å². The van der Waals surface area contributed by atoms with Crippen LogP contribution in [0, 0.1) is 0 Å². The van der Waals surface area contributed by atoms with Gasteiger partial charge in [0, 0.05) is 24.1 Å². The maximum Gasteiger partial charge on any atom is 0.325 e. The van der Waals surface area contributed by atoms with Crippen LogP contribution in [0.4, 0.5) is 0 Å². The molecule has 4 nitrogen and oxygen atoms in total. The molecule has 1 aromatic rings. The van der Waals surface area contributed by atoms with Crippen molar-refractivity contribution in [2.75, 3.05) is 13.2 Å². The standard InChI is InChI=1S/C14H20N2O2/c1-2-18-14(17)11-16-9-5-7-13(16)10-12-6-3-4-8-15-12/h5,7,9-10,15H,2-4,6,8,11H2,1H3. The van der Waals surface area contributed by atoms with Crippen molar-refractivity contribution < 1.29 is 9.53 Å². The van der Waals surface area contributed by atoms with Crippen molar-refractivity contribution in [3.63, 3.8) is 0 Å². The molecule has 1 saturated heterocycles. The summed E-state index contributed by atoms with van der Waals surface area (Å²) in [5, 5.41) is 3.39. The number of esters is 1. The van der Waals surface area contributed by atoms with Gasteiger partial charge in [0.05, 0.1) is 6.61 Å². The number of carbonyl (C=O) groups is 1. The molecule has 2 rings (SSSR count). The fourth-order valence-corrected chi connectivity index (χ4v) is 2.13. The molecule has 0 atom stereocenters. The smallest absolute Gasteiger partial charge is 0.325 e. The predicted molar refractivity (Wildman–Crippen MR) is 70.9 cm³/mol. The van der Waals surface area contributed by atoms with Crippen LogP contribution >= 0.6 is 0 Å². The van der Waals surface area contributed by atoms with Crippen LogP contribution in [0.1, 0.15) is 31.9 Å². The number of nitrogens with zero attached hydrogens (tertiary/aromatic N) is 1. The lowest BCUT2D eigenvalue weighted by Crippen LogP contribution is -2.20. The number of nitrogens with one attached hydrogen (secondary N) is 1. The highest BCUT2D eigenvalue weighted by Crippen LogP contribution is 2.15. The molecule has 0 unspecified atom stereocenters. The Labute approximate surface area is 108 Å². The summed E-state index contributed by atoms with van der Waals surface area (Å²) in [4.78, 5) is 11.5. The number of carbonyl (C=O) groups excluding carboxylic acids is 1. The summed E-state index contributed by atoms with van der Waals surface area (Å²) in [6.07, 6.45) is 7.59. The Morgan fingerprint density at radius 1 is 1.56 bits per heavy atom. The zero-order chi connectivity index (χ0) is 12.8. The molecule has 2 heterocycles. The molecule has 18 heavy (non-hydrogen) atoms. The summed E-state index contributed by atoms with van der Waals surface area (Å²) in [7, 11) is 0. The Balaban J connectivity index is 2.05. The van der Waals surface area contributed by atoms with Gasteiger partial charge >= 0.3 is 5.97 Å². The molecule has 0 spiro atoms. The summed E-state index contributed by atoms with van der Waals surface area (Å²) in [6, 6.07) is 3.97. The molecule has 0 radical (unpaired) electrons. The van der Waals surface area contributed by atoms with Crippen LogP contribution in [0.2, 0.25) is 0 Å². The lowest BCUT2D eigenvalue weighted by Gasteiger charge is -2.17. The third kappa shape index (κ3) is 3.39. The van der Waals surface area contributed by atoms with Crippen molar-refractivity contribution >= 4 is 12.0 Å². The first-order valence-corrected chi connectivity index (χ1v) is 6.55. The number of rotatable bonds is 4.